The van der Waals surface area contributed by atoms with Crippen LogP contribution in [0.4, 0.5) is 17.1 Å². The van der Waals surface area contributed by atoms with Crippen LogP contribution in [0.3, 0.4) is 0 Å². The summed E-state index contributed by atoms with van der Waals surface area (Å²) in [6, 6.07) is 19.3. The average molecular weight is 343 g/mol. The van der Waals surface area contributed by atoms with Crippen LogP contribution >= 0.6 is 23.7 Å². The summed E-state index contributed by atoms with van der Waals surface area (Å²) in [5.41, 5.74) is 6.61. The van der Waals surface area contributed by atoms with Crippen molar-refractivity contribution in [1.82, 2.24) is 0 Å². The lowest BCUT2D eigenvalue weighted by Gasteiger charge is -2.25. The molecule has 2 aromatic carbocycles. The third kappa shape index (κ3) is 3.21. The number of rotatable bonds is 3. The molecule has 0 atom stereocenters. The molecule has 1 aromatic heterocycles. The Morgan fingerprint density at radius 2 is 1.70 bits per heavy atom. The molecule has 0 radical (unpaired) electrons. The first kappa shape index (κ1) is 15.9. The van der Waals surface area contributed by atoms with Crippen LogP contribution in [-0.2, 0) is 13.0 Å². The smallest absolute Gasteiger partial charge is 0.0646 e. The van der Waals surface area contributed by atoms with Gasteiger partial charge in [-0.15, -0.1) is 23.7 Å². The number of anilines is 3. The lowest BCUT2D eigenvalue weighted by molar-refractivity contribution is 0.916. The fourth-order valence-corrected chi connectivity index (χ4v) is 3.83. The molecule has 1 aliphatic heterocycles. The fourth-order valence-electron chi connectivity index (χ4n) is 2.99. The highest BCUT2D eigenvalue weighted by molar-refractivity contribution is 7.08. The van der Waals surface area contributed by atoms with Crippen LogP contribution in [0.15, 0.2) is 65.4 Å². The zero-order valence-electron chi connectivity index (χ0n) is 12.7. The monoisotopic (exact) mass is 342 g/mol. The number of fused-ring (bicyclic) bond motifs is 2. The van der Waals surface area contributed by atoms with Gasteiger partial charge in [-0.2, -0.15) is 0 Å². The number of benzene rings is 2. The van der Waals surface area contributed by atoms with E-state index in [0.717, 1.165) is 19.5 Å². The lowest BCUT2D eigenvalue weighted by atomic mass is 10.1. The van der Waals surface area contributed by atoms with Gasteiger partial charge in [0.25, 0.3) is 0 Å². The first-order valence-electron chi connectivity index (χ1n) is 7.61. The van der Waals surface area contributed by atoms with Gasteiger partial charge in [-0.25, -0.2) is 0 Å². The molecule has 4 rings (SSSR count). The summed E-state index contributed by atoms with van der Waals surface area (Å²) in [6.45, 7) is 1.89. The van der Waals surface area contributed by atoms with Gasteiger partial charge in [0.05, 0.1) is 17.1 Å². The molecular weight excluding hydrogens is 324 g/mol. The number of halogens is 1. The SMILES string of the molecule is Cl.c1ccc(CCN2c3cscc3CNc3ccccc32)cc1. The van der Waals surface area contributed by atoms with Crippen LogP contribution in [0, 0.1) is 0 Å². The van der Waals surface area contributed by atoms with Crippen LogP contribution in [0.5, 0.6) is 0 Å². The Morgan fingerprint density at radius 1 is 0.913 bits per heavy atom. The zero-order valence-corrected chi connectivity index (χ0v) is 14.4. The van der Waals surface area contributed by atoms with Gasteiger partial charge in [-0.05, 0) is 29.5 Å². The summed E-state index contributed by atoms with van der Waals surface area (Å²) in [5.74, 6) is 0. The van der Waals surface area contributed by atoms with Gasteiger partial charge in [0.2, 0.25) is 0 Å². The van der Waals surface area contributed by atoms with Crippen molar-refractivity contribution >= 4 is 40.8 Å². The van der Waals surface area contributed by atoms with E-state index < -0.39 is 0 Å². The highest BCUT2D eigenvalue weighted by atomic mass is 35.5. The van der Waals surface area contributed by atoms with Gasteiger partial charge in [0.1, 0.15) is 0 Å². The van der Waals surface area contributed by atoms with E-state index in [-0.39, 0.29) is 12.4 Å². The number of hydrogen-bond donors (Lipinski definition) is 1. The number of nitrogens with zero attached hydrogens (tertiary/aromatic N) is 1. The minimum Gasteiger partial charge on any atom is -0.379 e. The molecule has 0 saturated carbocycles. The quantitative estimate of drug-likeness (QED) is 0.678. The third-order valence-electron chi connectivity index (χ3n) is 4.14. The summed E-state index contributed by atoms with van der Waals surface area (Å²) in [5, 5.41) is 8.08. The van der Waals surface area contributed by atoms with Crippen LogP contribution in [0.2, 0.25) is 0 Å². The summed E-state index contributed by atoms with van der Waals surface area (Å²) in [6.07, 6.45) is 1.05. The molecule has 2 heterocycles. The predicted octanol–water partition coefficient (Wildman–Crippen LogP) is 5.48. The molecule has 1 N–H and O–H groups in total. The Balaban J connectivity index is 0.00000156. The highest BCUT2D eigenvalue weighted by Crippen LogP contribution is 2.39. The molecule has 0 amide bonds. The largest absolute Gasteiger partial charge is 0.379 e. The molecule has 0 fully saturated rings. The van der Waals surface area contributed by atoms with Crippen molar-refractivity contribution < 1.29 is 0 Å². The Bertz CT molecular complexity index is 770. The second kappa shape index (κ2) is 7.07. The van der Waals surface area contributed by atoms with Crippen molar-refractivity contribution in [1.29, 1.82) is 0 Å². The lowest BCUT2D eigenvalue weighted by Crippen LogP contribution is -2.20. The molecule has 4 heteroatoms. The third-order valence-corrected chi connectivity index (χ3v) is 4.92. The maximum absolute atomic E-state index is 3.56. The van der Waals surface area contributed by atoms with Gasteiger partial charge in [-0.1, -0.05) is 42.5 Å². The van der Waals surface area contributed by atoms with Crippen molar-refractivity contribution in [2.24, 2.45) is 0 Å². The number of para-hydroxylation sites is 2. The number of nitrogens with one attached hydrogen (secondary N) is 1. The molecule has 0 aliphatic carbocycles. The van der Waals surface area contributed by atoms with Crippen molar-refractivity contribution in [2.45, 2.75) is 13.0 Å². The standard InChI is InChI=1S/C19H18N2S.ClH/c1-2-6-15(7-3-1)10-11-21-18-9-5-4-8-17(18)20-12-16-13-22-14-19(16)21;/h1-9,13-14,20H,10-12H2;1H. The topological polar surface area (TPSA) is 15.3 Å². The molecular formula is C19H19ClN2S. The minimum absolute atomic E-state index is 0. The molecule has 118 valence electrons. The van der Waals surface area contributed by atoms with Gasteiger partial charge in [0, 0.05) is 24.0 Å². The van der Waals surface area contributed by atoms with E-state index in [0.29, 0.717) is 0 Å². The normalized spacial score (nSPS) is 12.4. The Labute approximate surface area is 147 Å². The van der Waals surface area contributed by atoms with Gasteiger partial charge < -0.3 is 10.2 Å². The van der Waals surface area contributed by atoms with E-state index in [1.165, 1.54) is 28.2 Å². The molecule has 1 aliphatic rings. The molecule has 0 bridgehead atoms. The van der Waals surface area contributed by atoms with E-state index in [1.807, 2.05) is 0 Å². The minimum atomic E-state index is 0. The van der Waals surface area contributed by atoms with Crippen molar-refractivity contribution in [3.05, 3.63) is 76.5 Å². The summed E-state index contributed by atoms with van der Waals surface area (Å²) < 4.78 is 0. The van der Waals surface area contributed by atoms with E-state index in [1.54, 1.807) is 11.3 Å². The molecule has 3 aromatic rings. The summed E-state index contributed by atoms with van der Waals surface area (Å²) in [4.78, 5) is 2.45. The molecule has 0 unspecified atom stereocenters. The van der Waals surface area contributed by atoms with Crippen LogP contribution in [-0.4, -0.2) is 6.54 Å². The van der Waals surface area contributed by atoms with Gasteiger partial charge in [0.15, 0.2) is 0 Å². The van der Waals surface area contributed by atoms with Crippen LogP contribution < -0.4 is 10.2 Å². The van der Waals surface area contributed by atoms with Crippen LogP contribution in [0.1, 0.15) is 11.1 Å². The fraction of sp³-hybridized carbons (Fsp3) is 0.158. The zero-order chi connectivity index (χ0) is 14.8. The van der Waals surface area contributed by atoms with E-state index in [4.69, 9.17) is 0 Å². The van der Waals surface area contributed by atoms with Crippen molar-refractivity contribution in [3.63, 3.8) is 0 Å². The summed E-state index contributed by atoms with van der Waals surface area (Å²) in [7, 11) is 0. The Hall–Kier alpha value is -1.97. The van der Waals surface area contributed by atoms with Gasteiger partial charge in [-0.3, -0.25) is 0 Å². The average Bonchev–Trinajstić information content (AvgIpc) is 2.98. The maximum Gasteiger partial charge on any atom is 0.0646 e. The van der Waals surface area contributed by atoms with E-state index in [2.05, 4.69) is 75.6 Å². The van der Waals surface area contributed by atoms with Gasteiger partial charge >= 0.3 is 0 Å². The number of thiophene rings is 1. The Morgan fingerprint density at radius 3 is 2.57 bits per heavy atom. The van der Waals surface area contributed by atoms with Crippen molar-refractivity contribution in [2.75, 3.05) is 16.8 Å². The van der Waals surface area contributed by atoms with E-state index >= 15 is 0 Å². The first-order chi connectivity index (χ1) is 10.9. The number of hydrogen-bond acceptors (Lipinski definition) is 3. The molecule has 23 heavy (non-hydrogen) atoms. The molecule has 0 spiro atoms. The first-order valence-corrected chi connectivity index (χ1v) is 8.55. The Kier molecular flexibility index (Phi) is 4.89. The van der Waals surface area contributed by atoms with Crippen LogP contribution in [0.25, 0.3) is 0 Å². The maximum atomic E-state index is 3.56. The van der Waals surface area contributed by atoms with Crippen molar-refractivity contribution in [3.8, 4) is 0 Å². The molecule has 2 nitrogen and oxygen atoms in total. The summed E-state index contributed by atoms with van der Waals surface area (Å²) >= 11 is 1.78. The predicted molar refractivity (Wildman–Crippen MR) is 102 cm³/mol. The second-order valence-electron chi connectivity index (χ2n) is 5.54. The molecule has 0 saturated heterocycles. The van der Waals surface area contributed by atoms with E-state index in [9.17, 15) is 0 Å². The highest BCUT2D eigenvalue weighted by Gasteiger charge is 2.20. The second-order valence-corrected chi connectivity index (χ2v) is 6.28.